The van der Waals surface area contributed by atoms with Gasteiger partial charge in [0.05, 0.1) is 10.6 Å². The fourth-order valence-electron chi connectivity index (χ4n) is 3.27. The third kappa shape index (κ3) is 4.66. The Kier molecular flexibility index (Phi) is 6.80. The Bertz CT molecular complexity index is 1030. The Morgan fingerprint density at radius 2 is 1.60 bits per heavy atom. The van der Waals surface area contributed by atoms with Crippen molar-refractivity contribution in [2.24, 2.45) is 0 Å². The molecule has 1 heterocycles. The van der Waals surface area contributed by atoms with Gasteiger partial charge in [-0.15, -0.1) is 0 Å². The highest BCUT2D eigenvalue weighted by Crippen LogP contribution is 2.25. The minimum Gasteiger partial charge on any atom is -0.324 e. The van der Waals surface area contributed by atoms with Gasteiger partial charge in [-0.3, -0.25) is 4.79 Å². The van der Waals surface area contributed by atoms with Crippen molar-refractivity contribution in [3.05, 3.63) is 59.1 Å². The number of carbonyl (C=O) groups excluding carboxylic acids is 2. The van der Waals surface area contributed by atoms with Gasteiger partial charge in [0.1, 0.15) is 0 Å². The number of sulfonamides is 1. The van der Waals surface area contributed by atoms with Gasteiger partial charge >= 0.3 is 6.03 Å². The Hall–Kier alpha value is -2.42. The van der Waals surface area contributed by atoms with Gasteiger partial charge in [0.2, 0.25) is 10.0 Å². The van der Waals surface area contributed by atoms with E-state index in [1.807, 2.05) is 0 Å². The van der Waals surface area contributed by atoms with Crippen LogP contribution in [-0.4, -0.2) is 56.7 Å². The van der Waals surface area contributed by atoms with Crippen LogP contribution in [0, 0.1) is 0 Å². The maximum Gasteiger partial charge on any atom is 0.331 e. The van der Waals surface area contributed by atoms with Gasteiger partial charge in [-0.25, -0.2) is 22.4 Å². The van der Waals surface area contributed by atoms with Gasteiger partial charge in [-0.1, -0.05) is 17.7 Å². The molecule has 0 spiro atoms. The second-order valence-electron chi connectivity index (χ2n) is 7.26. The maximum atomic E-state index is 13.3. The van der Waals surface area contributed by atoms with Crippen LogP contribution < -0.4 is 4.90 Å². The Labute approximate surface area is 181 Å². The molecule has 3 rings (SSSR count). The molecule has 0 N–H and O–H groups in total. The molecule has 0 unspecified atom stereocenters. The monoisotopic (exact) mass is 449 g/mol. The lowest BCUT2D eigenvalue weighted by molar-refractivity contribution is 0.0983. The van der Waals surface area contributed by atoms with E-state index >= 15 is 0 Å². The second kappa shape index (κ2) is 9.16. The Balaban J connectivity index is 1.97. The van der Waals surface area contributed by atoms with E-state index in [-0.39, 0.29) is 10.5 Å². The fourth-order valence-corrected chi connectivity index (χ4v) is 4.35. The van der Waals surface area contributed by atoms with Crippen LogP contribution in [0.15, 0.2) is 53.4 Å². The molecule has 1 fully saturated rings. The van der Waals surface area contributed by atoms with Crippen molar-refractivity contribution in [3.8, 4) is 0 Å². The van der Waals surface area contributed by atoms with Crippen LogP contribution in [0.1, 0.15) is 29.6 Å². The van der Waals surface area contributed by atoms with E-state index in [4.69, 9.17) is 11.6 Å². The lowest BCUT2D eigenvalue weighted by Crippen LogP contribution is -2.48. The molecule has 0 radical (unpaired) electrons. The van der Waals surface area contributed by atoms with Gasteiger partial charge in [0.25, 0.3) is 5.91 Å². The molecule has 3 amide bonds. The summed E-state index contributed by atoms with van der Waals surface area (Å²) in [6, 6.07) is 11.7. The lowest BCUT2D eigenvalue weighted by atomic mass is 10.1. The summed E-state index contributed by atoms with van der Waals surface area (Å²) in [7, 11) is -0.741. The minimum absolute atomic E-state index is 0.0701. The van der Waals surface area contributed by atoms with Crippen LogP contribution in [0.5, 0.6) is 0 Å². The van der Waals surface area contributed by atoms with E-state index in [1.165, 1.54) is 38.4 Å². The molecule has 1 aliphatic rings. The number of urea groups is 1. The average molecular weight is 450 g/mol. The number of imide groups is 1. The van der Waals surface area contributed by atoms with Gasteiger partial charge in [-0.05, 0) is 61.7 Å². The quantitative estimate of drug-likeness (QED) is 0.710. The third-order valence-electron chi connectivity index (χ3n) is 4.97. The van der Waals surface area contributed by atoms with Crippen molar-refractivity contribution in [1.82, 2.24) is 9.21 Å². The normalized spacial score (nSPS) is 14.6. The van der Waals surface area contributed by atoms with Crippen LogP contribution in [0.3, 0.4) is 0 Å². The van der Waals surface area contributed by atoms with E-state index in [2.05, 4.69) is 0 Å². The smallest absolute Gasteiger partial charge is 0.324 e. The molecule has 160 valence electrons. The van der Waals surface area contributed by atoms with Gasteiger partial charge in [-0.2, -0.15) is 0 Å². The molecule has 0 bridgehead atoms. The number of hydrogen-bond donors (Lipinski definition) is 0. The summed E-state index contributed by atoms with van der Waals surface area (Å²) in [5.41, 5.74) is 0.575. The van der Waals surface area contributed by atoms with Crippen LogP contribution >= 0.6 is 11.6 Å². The molecule has 1 aliphatic heterocycles. The lowest BCUT2D eigenvalue weighted by Gasteiger charge is -2.32. The zero-order valence-corrected chi connectivity index (χ0v) is 18.5. The number of rotatable bonds is 4. The van der Waals surface area contributed by atoms with Gasteiger partial charge in [0, 0.05) is 37.8 Å². The Morgan fingerprint density at radius 3 is 2.17 bits per heavy atom. The van der Waals surface area contributed by atoms with Crippen molar-refractivity contribution < 1.29 is 18.0 Å². The molecule has 9 heteroatoms. The van der Waals surface area contributed by atoms with E-state index in [0.29, 0.717) is 23.8 Å². The highest BCUT2D eigenvalue weighted by Gasteiger charge is 2.30. The minimum atomic E-state index is -3.62. The highest BCUT2D eigenvalue weighted by atomic mass is 35.5. The Morgan fingerprint density at radius 1 is 0.967 bits per heavy atom. The predicted molar refractivity (Wildman–Crippen MR) is 116 cm³/mol. The standard InChI is InChI=1S/C21H24ClN3O4S/c1-23(2)30(28,29)19-11-9-16(10-12-19)20(26)25(18-8-6-7-17(22)15-18)21(27)24-13-4-3-5-14-24/h6-12,15H,3-5,13-14H2,1-2H3. The molecule has 2 aromatic carbocycles. The number of carbonyl (C=O) groups is 2. The average Bonchev–Trinajstić information content (AvgIpc) is 2.74. The molecule has 0 aromatic heterocycles. The first-order valence-electron chi connectivity index (χ1n) is 9.63. The SMILES string of the molecule is CN(C)S(=O)(=O)c1ccc(C(=O)N(C(=O)N2CCCCC2)c2cccc(Cl)c2)cc1. The number of halogens is 1. The summed E-state index contributed by atoms with van der Waals surface area (Å²) in [6.07, 6.45) is 2.83. The van der Waals surface area contributed by atoms with Crippen molar-refractivity contribution in [3.63, 3.8) is 0 Å². The zero-order valence-electron chi connectivity index (χ0n) is 16.9. The summed E-state index contributed by atoms with van der Waals surface area (Å²) in [6.45, 7) is 1.17. The summed E-state index contributed by atoms with van der Waals surface area (Å²) >= 11 is 6.10. The van der Waals surface area contributed by atoms with E-state index < -0.39 is 22.0 Å². The largest absolute Gasteiger partial charge is 0.331 e. The number of amides is 3. The predicted octanol–water partition coefficient (Wildman–Crippen LogP) is 3.84. The summed E-state index contributed by atoms with van der Waals surface area (Å²) in [5.74, 6) is -0.540. The van der Waals surface area contributed by atoms with Gasteiger partial charge in [0.15, 0.2) is 0 Å². The number of likely N-dealkylation sites (tertiary alicyclic amines) is 1. The summed E-state index contributed by atoms with van der Waals surface area (Å²) in [4.78, 5) is 29.4. The van der Waals surface area contributed by atoms with Crippen molar-refractivity contribution in [2.75, 3.05) is 32.1 Å². The van der Waals surface area contributed by atoms with Crippen LogP contribution in [0.2, 0.25) is 5.02 Å². The first-order valence-corrected chi connectivity index (χ1v) is 11.4. The molecule has 1 saturated heterocycles. The fraction of sp³-hybridized carbons (Fsp3) is 0.333. The molecule has 7 nitrogen and oxygen atoms in total. The first-order chi connectivity index (χ1) is 14.2. The maximum absolute atomic E-state index is 13.3. The van der Waals surface area contributed by atoms with Crippen molar-refractivity contribution in [1.29, 1.82) is 0 Å². The molecule has 30 heavy (non-hydrogen) atoms. The number of nitrogens with zero attached hydrogens (tertiary/aromatic N) is 3. The van der Waals surface area contributed by atoms with Crippen molar-refractivity contribution >= 4 is 39.2 Å². The molecule has 0 aliphatic carbocycles. The first kappa shape index (κ1) is 22.3. The van der Waals surface area contributed by atoms with Crippen LogP contribution in [0.4, 0.5) is 10.5 Å². The molecule has 0 atom stereocenters. The summed E-state index contributed by atoms with van der Waals surface area (Å²) in [5, 5.41) is 0.407. The molecular weight excluding hydrogens is 426 g/mol. The number of anilines is 1. The molecule has 2 aromatic rings. The number of benzene rings is 2. The van der Waals surface area contributed by atoms with E-state index in [9.17, 15) is 18.0 Å². The van der Waals surface area contributed by atoms with Crippen molar-refractivity contribution in [2.45, 2.75) is 24.2 Å². The van der Waals surface area contributed by atoms with Gasteiger partial charge < -0.3 is 4.90 Å². The van der Waals surface area contributed by atoms with E-state index in [1.54, 1.807) is 29.2 Å². The zero-order chi connectivity index (χ0) is 21.9. The summed E-state index contributed by atoms with van der Waals surface area (Å²) < 4.78 is 25.7. The van der Waals surface area contributed by atoms with E-state index in [0.717, 1.165) is 28.5 Å². The molecular formula is C21H24ClN3O4S. The molecule has 0 saturated carbocycles. The third-order valence-corrected chi connectivity index (χ3v) is 7.03. The second-order valence-corrected chi connectivity index (χ2v) is 9.85. The van der Waals surface area contributed by atoms with Crippen LogP contribution in [0.25, 0.3) is 0 Å². The number of piperidine rings is 1. The number of hydrogen-bond acceptors (Lipinski definition) is 4. The highest BCUT2D eigenvalue weighted by molar-refractivity contribution is 7.89. The topological polar surface area (TPSA) is 78.0 Å². The van der Waals surface area contributed by atoms with Crippen LogP contribution in [-0.2, 0) is 10.0 Å².